The Hall–Kier alpha value is -2.20. The lowest BCUT2D eigenvalue weighted by atomic mass is 10.1. The number of anilines is 1. The van der Waals surface area contributed by atoms with E-state index < -0.39 is 0 Å². The molecule has 0 spiro atoms. The molecule has 0 bridgehead atoms. The Kier molecular flexibility index (Phi) is 5.88. The van der Waals surface area contributed by atoms with Gasteiger partial charge in [-0.25, -0.2) is 0 Å². The van der Waals surface area contributed by atoms with Crippen LogP contribution in [0.5, 0.6) is 5.75 Å². The molecule has 0 aliphatic carbocycles. The van der Waals surface area contributed by atoms with Gasteiger partial charge in [-0.2, -0.15) is 0 Å². The maximum absolute atomic E-state index is 12.1. The first-order valence-corrected chi connectivity index (χ1v) is 7.82. The SMILES string of the molecule is COc1ccccc1C(C)NC(=O)CNc1cccc(Cl)c1C. The minimum atomic E-state index is -0.138. The van der Waals surface area contributed by atoms with Crippen LogP contribution >= 0.6 is 11.6 Å². The van der Waals surface area contributed by atoms with Crippen LogP contribution < -0.4 is 15.4 Å². The molecule has 0 aromatic heterocycles. The quantitative estimate of drug-likeness (QED) is 0.842. The van der Waals surface area contributed by atoms with Crippen LogP contribution in [0.4, 0.5) is 5.69 Å². The first-order valence-electron chi connectivity index (χ1n) is 7.44. The average molecular weight is 333 g/mol. The number of nitrogens with one attached hydrogen (secondary N) is 2. The summed E-state index contributed by atoms with van der Waals surface area (Å²) < 4.78 is 5.32. The van der Waals surface area contributed by atoms with Gasteiger partial charge in [0.05, 0.1) is 19.7 Å². The molecule has 2 N–H and O–H groups in total. The summed E-state index contributed by atoms with van der Waals surface area (Å²) in [4.78, 5) is 12.1. The number of hydrogen-bond donors (Lipinski definition) is 2. The molecule has 2 rings (SSSR count). The molecule has 1 unspecified atom stereocenters. The highest BCUT2D eigenvalue weighted by Gasteiger charge is 2.13. The predicted octanol–water partition coefficient (Wildman–Crippen LogP) is 3.95. The first kappa shape index (κ1) is 17.2. The van der Waals surface area contributed by atoms with Gasteiger partial charge < -0.3 is 15.4 Å². The van der Waals surface area contributed by atoms with Crippen LogP contribution in [0, 0.1) is 6.92 Å². The summed E-state index contributed by atoms with van der Waals surface area (Å²) in [6.07, 6.45) is 0. The molecule has 23 heavy (non-hydrogen) atoms. The van der Waals surface area contributed by atoms with Gasteiger partial charge in [0.1, 0.15) is 5.75 Å². The van der Waals surface area contributed by atoms with E-state index in [1.165, 1.54) is 0 Å². The summed E-state index contributed by atoms with van der Waals surface area (Å²) in [5, 5.41) is 6.75. The molecule has 4 nitrogen and oxygen atoms in total. The zero-order chi connectivity index (χ0) is 16.8. The number of methoxy groups -OCH3 is 1. The Balaban J connectivity index is 1.95. The van der Waals surface area contributed by atoms with Gasteiger partial charge in [0.2, 0.25) is 5.91 Å². The lowest BCUT2D eigenvalue weighted by Gasteiger charge is -2.18. The van der Waals surface area contributed by atoms with Gasteiger partial charge in [0, 0.05) is 16.3 Å². The maximum atomic E-state index is 12.1. The molecule has 1 amide bonds. The van der Waals surface area contributed by atoms with E-state index in [0.29, 0.717) is 5.02 Å². The van der Waals surface area contributed by atoms with Crippen molar-refractivity contribution >= 4 is 23.2 Å². The summed E-state index contributed by atoms with van der Waals surface area (Å²) in [6, 6.07) is 13.1. The number of carbonyl (C=O) groups is 1. The second-order valence-electron chi connectivity index (χ2n) is 5.30. The number of amides is 1. The summed E-state index contributed by atoms with van der Waals surface area (Å²) in [5.74, 6) is 0.668. The zero-order valence-corrected chi connectivity index (χ0v) is 14.3. The van der Waals surface area contributed by atoms with Crippen molar-refractivity contribution in [3.05, 3.63) is 58.6 Å². The third kappa shape index (κ3) is 4.39. The van der Waals surface area contributed by atoms with Crippen LogP contribution in [0.1, 0.15) is 24.1 Å². The number of halogens is 1. The Morgan fingerprint density at radius 1 is 1.22 bits per heavy atom. The monoisotopic (exact) mass is 332 g/mol. The van der Waals surface area contributed by atoms with E-state index in [1.807, 2.05) is 56.3 Å². The lowest BCUT2D eigenvalue weighted by molar-refractivity contribution is -0.120. The Bertz CT molecular complexity index is 688. The van der Waals surface area contributed by atoms with Crippen LogP contribution in [0.3, 0.4) is 0 Å². The number of para-hydroxylation sites is 1. The molecule has 2 aromatic rings. The van der Waals surface area contributed by atoms with Crippen molar-refractivity contribution in [1.29, 1.82) is 0 Å². The van der Waals surface area contributed by atoms with Crippen molar-refractivity contribution in [2.45, 2.75) is 19.9 Å². The summed E-state index contributed by atoms with van der Waals surface area (Å²) in [6.45, 7) is 4.03. The van der Waals surface area contributed by atoms with Crippen molar-refractivity contribution in [2.75, 3.05) is 19.0 Å². The number of carbonyl (C=O) groups excluding carboxylic acids is 1. The molecule has 0 radical (unpaired) electrons. The molecule has 1 atom stereocenters. The highest BCUT2D eigenvalue weighted by Crippen LogP contribution is 2.24. The predicted molar refractivity (Wildman–Crippen MR) is 94.2 cm³/mol. The van der Waals surface area contributed by atoms with Gasteiger partial charge >= 0.3 is 0 Å². The van der Waals surface area contributed by atoms with E-state index in [4.69, 9.17) is 16.3 Å². The average Bonchev–Trinajstić information content (AvgIpc) is 2.56. The fraction of sp³-hybridized carbons (Fsp3) is 0.278. The van der Waals surface area contributed by atoms with Crippen molar-refractivity contribution in [1.82, 2.24) is 5.32 Å². The molecule has 5 heteroatoms. The summed E-state index contributed by atoms with van der Waals surface area (Å²) >= 11 is 6.07. The zero-order valence-electron chi connectivity index (χ0n) is 13.5. The third-order valence-corrected chi connectivity index (χ3v) is 4.10. The lowest BCUT2D eigenvalue weighted by Crippen LogP contribution is -2.32. The van der Waals surface area contributed by atoms with E-state index in [1.54, 1.807) is 7.11 Å². The van der Waals surface area contributed by atoms with Crippen molar-refractivity contribution in [2.24, 2.45) is 0 Å². The molecule has 122 valence electrons. The van der Waals surface area contributed by atoms with Crippen LogP contribution in [-0.2, 0) is 4.79 Å². The number of rotatable bonds is 6. The number of benzene rings is 2. The minimum Gasteiger partial charge on any atom is -0.496 e. The van der Waals surface area contributed by atoms with Gasteiger partial charge in [-0.1, -0.05) is 35.9 Å². The first-order chi connectivity index (χ1) is 11.0. The largest absolute Gasteiger partial charge is 0.496 e. The fourth-order valence-corrected chi connectivity index (χ4v) is 2.54. The van der Waals surface area contributed by atoms with E-state index in [2.05, 4.69) is 10.6 Å². The highest BCUT2D eigenvalue weighted by molar-refractivity contribution is 6.31. The van der Waals surface area contributed by atoms with Crippen molar-refractivity contribution in [3.63, 3.8) is 0 Å². The summed E-state index contributed by atoms with van der Waals surface area (Å²) in [7, 11) is 1.62. The molecule has 0 saturated carbocycles. The van der Waals surface area contributed by atoms with Crippen LogP contribution in [0.2, 0.25) is 5.02 Å². The second kappa shape index (κ2) is 7.88. The molecule has 0 heterocycles. The Morgan fingerprint density at radius 2 is 1.96 bits per heavy atom. The van der Waals surface area contributed by atoms with Crippen LogP contribution in [-0.4, -0.2) is 19.6 Å². The standard InChI is InChI=1S/C18H21ClN2O2/c1-12-15(19)8-6-9-16(12)20-11-18(22)21-13(2)14-7-4-5-10-17(14)23-3/h4-10,13,20H,11H2,1-3H3,(H,21,22). The van der Waals surface area contributed by atoms with Crippen molar-refractivity contribution in [3.8, 4) is 5.75 Å². The normalized spacial score (nSPS) is 11.7. The number of hydrogen-bond acceptors (Lipinski definition) is 3. The second-order valence-corrected chi connectivity index (χ2v) is 5.70. The Labute approximate surface area is 141 Å². The van der Waals surface area contributed by atoms with Crippen LogP contribution in [0.25, 0.3) is 0 Å². The maximum Gasteiger partial charge on any atom is 0.239 e. The van der Waals surface area contributed by atoms with E-state index >= 15 is 0 Å². The van der Waals surface area contributed by atoms with Gasteiger partial charge in [0.25, 0.3) is 0 Å². The van der Waals surface area contributed by atoms with E-state index in [9.17, 15) is 4.79 Å². The Morgan fingerprint density at radius 3 is 2.70 bits per heavy atom. The number of ether oxygens (including phenoxy) is 1. The van der Waals surface area contributed by atoms with Gasteiger partial charge in [-0.05, 0) is 37.6 Å². The third-order valence-electron chi connectivity index (χ3n) is 3.69. The van der Waals surface area contributed by atoms with Gasteiger partial charge in [-0.15, -0.1) is 0 Å². The molecule has 2 aromatic carbocycles. The molecule has 0 aliphatic rings. The highest BCUT2D eigenvalue weighted by atomic mass is 35.5. The van der Waals surface area contributed by atoms with E-state index in [-0.39, 0.29) is 18.5 Å². The van der Waals surface area contributed by atoms with Gasteiger partial charge in [-0.3, -0.25) is 4.79 Å². The minimum absolute atomic E-state index is 0.0946. The topological polar surface area (TPSA) is 50.4 Å². The summed E-state index contributed by atoms with van der Waals surface area (Å²) in [5.41, 5.74) is 2.74. The molecular weight excluding hydrogens is 312 g/mol. The molecular formula is C18H21ClN2O2. The van der Waals surface area contributed by atoms with E-state index in [0.717, 1.165) is 22.6 Å². The fourth-order valence-electron chi connectivity index (χ4n) is 2.37. The van der Waals surface area contributed by atoms with Crippen LogP contribution in [0.15, 0.2) is 42.5 Å². The van der Waals surface area contributed by atoms with Gasteiger partial charge in [0.15, 0.2) is 0 Å². The molecule has 0 saturated heterocycles. The molecule has 0 fully saturated rings. The van der Waals surface area contributed by atoms with Crippen molar-refractivity contribution < 1.29 is 9.53 Å². The molecule has 0 aliphatic heterocycles. The smallest absolute Gasteiger partial charge is 0.239 e.